The molecule has 0 bridgehead atoms. The van der Waals surface area contributed by atoms with Crippen LogP contribution in [0.15, 0.2) is 83.8 Å². The minimum Gasteiger partial charge on any atom is -0.340 e. The van der Waals surface area contributed by atoms with Gasteiger partial charge in [0, 0.05) is 33.7 Å². The largest absolute Gasteiger partial charge is 0.340 e. The number of anilines is 1. The zero-order valence-corrected chi connectivity index (χ0v) is 19.7. The van der Waals surface area contributed by atoms with Crippen molar-refractivity contribution in [1.29, 1.82) is 0 Å². The first-order valence-electron chi connectivity index (χ1n) is 10.2. The number of fused-ring (bicyclic) bond motifs is 1. The minimum absolute atomic E-state index is 0.0893. The Labute approximate surface area is 201 Å². The fourth-order valence-corrected chi connectivity index (χ4v) is 5.52. The van der Waals surface area contributed by atoms with Crippen molar-refractivity contribution in [3.63, 3.8) is 0 Å². The normalized spacial score (nSPS) is 15.3. The smallest absolute Gasteiger partial charge is 0.270 e. The Hall–Kier alpha value is -2.86. The third kappa shape index (κ3) is 3.66. The summed E-state index contributed by atoms with van der Waals surface area (Å²) in [5.74, 6) is -0.0893. The molecule has 1 aliphatic heterocycles. The van der Waals surface area contributed by atoms with Crippen LogP contribution in [0.5, 0.6) is 0 Å². The fourth-order valence-electron chi connectivity index (χ4n) is 4.04. The molecule has 1 saturated heterocycles. The minimum atomic E-state index is -0.0893. The Kier molecular flexibility index (Phi) is 5.64. The van der Waals surface area contributed by atoms with E-state index < -0.39 is 0 Å². The van der Waals surface area contributed by atoms with Gasteiger partial charge in [-0.25, -0.2) is 0 Å². The van der Waals surface area contributed by atoms with Gasteiger partial charge in [0.25, 0.3) is 5.91 Å². The van der Waals surface area contributed by atoms with Crippen LogP contribution in [0, 0.1) is 6.92 Å². The van der Waals surface area contributed by atoms with Crippen LogP contribution in [-0.2, 0) is 11.3 Å². The van der Waals surface area contributed by atoms with Gasteiger partial charge < -0.3 is 4.57 Å². The maximum atomic E-state index is 13.2. The van der Waals surface area contributed by atoms with Crippen molar-refractivity contribution >= 4 is 68.5 Å². The van der Waals surface area contributed by atoms with Gasteiger partial charge in [0.1, 0.15) is 0 Å². The van der Waals surface area contributed by atoms with E-state index in [1.165, 1.54) is 11.8 Å². The monoisotopic (exact) mass is 474 g/mol. The summed E-state index contributed by atoms with van der Waals surface area (Å²) in [6, 6.07) is 25.7. The maximum absolute atomic E-state index is 13.2. The predicted octanol–water partition coefficient (Wildman–Crippen LogP) is 7.06. The van der Waals surface area contributed by atoms with Crippen molar-refractivity contribution in [3.05, 3.63) is 106 Å². The standard InChI is InChI=1S/C26H19ClN2OS2/c1-17-21(15-24-25(30)29(26(31)32-24)19-10-3-2-4-11-19)20-12-6-8-14-23(20)28(17)16-18-9-5-7-13-22(18)27/h2-15H,16H2,1H3/b24-15+. The lowest BCUT2D eigenvalue weighted by Gasteiger charge is -2.13. The summed E-state index contributed by atoms with van der Waals surface area (Å²) in [6.07, 6.45) is 1.98. The van der Waals surface area contributed by atoms with Gasteiger partial charge in [-0.05, 0) is 42.8 Å². The third-order valence-corrected chi connectivity index (χ3v) is 7.32. The average molecular weight is 475 g/mol. The summed E-state index contributed by atoms with van der Waals surface area (Å²) in [5.41, 5.74) is 5.06. The van der Waals surface area contributed by atoms with E-state index >= 15 is 0 Å². The highest BCUT2D eigenvalue weighted by Gasteiger charge is 2.33. The number of aromatic nitrogens is 1. The predicted molar refractivity (Wildman–Crippen MR) is 139 cm³/mol. The Bertz CT molecular complexity index is 1390. The molecule has 32 heavy (non-hydrogen) atoms. The molecule has 1 aromatic heterocycles. The summed E-state index contributed by atoms with van der Waals surface area (Å²) < 4.78 is 2.80. The summed E-state index contributed by atoms with van der Waals surface area (Å²) in [5, 5.41) is 1.84. The van der Waals surface area contributed by atoms with Crippen molar-refractivity contribution in [3.8, 4) is 0 Å². The zero-order valence-electron chi connectivity index (χ0n) is 17.3. The van der Waals surface area contributed by atoms with E-state index in [-0.39, 0.29) is 5.91 Å². The molecule has 1 fully saturated rings. The van der Waals surface area contributed by atoms with E-state index in [1.807, 2.05) is 72.8 Å². The zero-order chi connectivity index (χ0) is 22.2. The lowest BCUT2D eigenvalue weighted by atomic mass is 10.1. The number of carbonyl (C=O) groups excluding carboxylic acids is 1. The number of benzene rings is 3. The highest BCUT2D eigenvalue weighted by atomic mass is 35.5. The molecule has 0 saturated carbocycles. The quantitative estimate of drug-likeness (QED) is 0.234. The lowest BCUT2D eigenvalue weighted by Crippen LogP contribution is -2.27. The van der Waals surface area contributed by atoms with Crippen LogP contribution in [0.3, 0.4) is 0 Å². The Balaban J connectivity index is 1.59. The maximum Gasteiger partial charge on any atom is 0.270 e. The molecule has 3 nitrogen and oxygen atoms in total. The van der Waals surface area contributed by atoms with Gasteiger partial charge in [-0.15, -0.1) is 0 Å². The molecule has 0 N–H and O–H groups in total. The fraction of sp³-hybridized carbons (Fsp3) is 0.0769. The van der Waals surface area contributed by atoms with Gasteiger partial charge in [0.2, 0.25) is 0 Å². The number of carbonyl (C=O) groups is 1. The van der Waals surface area contributed by atoms with E-state index in [2.05, 4.69) is 23.6 Å². The summed E-state index contributed by atoms with van der Waals surface area (Å²) in [7, 11) is 0. The topological polar surface area (TPSA) is 25.2 Å². The van der Waals surface area contributed by atoms with E-state index in [1.54, 1.807) is 4.90 Å². The second-order valence-electron chi connectivity index (χ2n) is 7.55. The molecule has 2 heterocycles. The van der Waals surface area contributed by atoms with Crippen molar-refractivity contribution < 1.29 is 4.79 Å². The van der Waals surface area contributed by atoms with Crippen molar-refractivity contribution in [2.24, 2.45) is 0 Å². The summed E-state index contributed by atoms with van der Waals surface area (Å²) in [4.78, 5) is 15.5. The molecule has 0 atom stereocenters. The lowest BCUT2D eigenvalue weighted by molar-refractivity contribution is -0.113. The molecule has 0 spiro atoms. The molecule has 4 aromatic rings. The molecular formula is C26H19ClN2OS2. The van der Waals surface area contributed by atoms with Gasteiger partial charge >= 0.3 is 0 Å². The molecule has 0 unspecified atom stereocenters. The van der Waals surface area contributed by atoms with Crippen LogP contribution < -0.4 is 4.90 Å². The van der Waals surface area contributed by atoms with Crippen LogP contribution in [0.2, 0.25) is 5.02 Å². The second kappa shape index (κ2) is 8.58. The molecule has 1 amide bonds. The van der Waals surface area contributed by atoms with Crippen LogP contribution in [0.4, 0.5) is 5.69 Å². The van der Waals surface area contributed by atoms with Crippen molar-refractivity contribution in [2.75, 3.05) is 4.90 Å². The highest BCUT2D eigenvalue weighted by molar-refractivity contribution is 8.27. The third-order valence-electron chi connectivity index (χ3n) is 5.65. The average Bonchev–Trinajstić information content (AvgIpc) is 3.23. The molecule has 5 rings (SSSR count). The van der Waals surface area contributed by atoms with E-state index in [9.17, 15) is 4.79 Å². The Morgan fingerprint density at radius 2 is 1.66 bits per heavy atom. The van der Waals surface area contributed by atoms with E-state index in [0.29, 0.717) is 15.8 Å². The molecule has 0 aliphatic carbocycles. The van der Waals surface area contributed by atoms with E-state index in [0.717, 1.165) is 38.4 Å². The number of nitrogens with zero attached hydrogens (tertiary/aromatic N) is 2. The number of thiocarbonyl (C=S) groups is 1. The number of para-hydroxylation sites is 2. The van der Waals surface area contributed by atoms with Gasteiger partial charge in [-0.3, -0.25) is 9.69 Å². The molecule has 0 radical (unpaired) electrons. The van der Waals surface area contributed by atoms with Crippen LogP contribution in [-0.4, -0.2) is 14.8 Å². The van der Waals surface area contributed by atoms with Crippen molar-refractivity contribution in [2.45, 2.75) is 13.5 Å². The Morgan fingerprint density at radius 1 is 0.969 bits per heavy atom. The molecule has 3 aromatic carbocycles. The number of hydrogen-bond donors (Lipinski definition) is 0. The number of amides is 1. The molecule has 1 aliphatic rings. The second-order valence-corrected chi connectivity index (χ2v) is 9.63. The summed E-state index contributed by atoms with van der Waals surface area (Å²) in [6.45, 7) is 2.74. The van der Waals surface area contributed by atoms with Crippen molar-refractivity contribution in [1.82, 2.24) is 4.57 Å². The van der Waals surface area contributed by atoms with Crippen LogP contribution >= 0.6 is 35.6 Å². The highest BCUT2D eigenvalue weighted by Crippen LogP contribution is 2.38. The summed E-state index contributed by atoms with van der Waals surface area (Å²) >= 11 is 13.3. The number of rotatable bonds is 4. The molecule has 6 heteroatoms. The van der Waals surface area contributed by atoms with Gasteiger partial charge in [-0.1, -0.05) is 90.2 Å². The van der Waals surface area contributed by atoms with Crippen LogP contribution in [0.1, 0.15) is 16.8 Å². The van der Waals surface area contributed by atoms with Crippen LogP contribution in [0.25, 0.3) is 17.0 Å². The molecule has 158 valence electrons. The van der Waals surface area contributed by atoms with Gasteiger partial charge in [-0.2, -0.15) is 0 Å². The Morgan fingerprint density at radius 3 is 2.44 bits per heavy atom. The number of halogens is 1. The number of thioether (sulfide) groups is 1. The first-order valence-corrected chi connectivity index (χ1v) is 11.8. The number of hydrogen-bond acceptors (Lipinski definition) is 3. The van der Waals surface area contributed by atoms with Gasteiger partial charge in [0.05, 0.1) is 10.6 Å². The SMILES string of the molecule is Cc1c(/C=C2/SC(=S)N(c3ccccc3)C2=O)c2ccccc2n1Cc1ccccc1Cl. The van der Waals surface area contributed by atoms with Gasteiger partial charge in [0.15, 0.2) is 4.32 Å². The molecular weight excluding hydrogens is 456 g/mol. The first-order chi connectivity index (χ1) is 15.5. The first kappa shape index (κ1) is 21.0. The van der Waals surface area contributed by atoms with E-state index in [4.69, 9.17) is 23.8 Å².